The molecule has 3 N–H and O–H groups in total. The standard InChI is InChI=1S/C12H15IN2O2/c1-17-12(16)11-9(14)8(13)10(15-11)7-5-3-2-4-6-7/h2-6,8-11,15H,14H2,1H3/t8-,9-,10+,11+/m0/s1. The number of rotatable bonds is 2. The lowest BCUT2D eigenvalue weighted by molar-refractivity contribution is -0.143. The molecule has 2 rings (SSSR count). The van der Waals surface area contributed by atoms with E-state index in [1.54, 1.807) is 0 Å². The van der Waals surface area contributed by atoms with E-state index < -0.39 is 6.04 Å². The van der Waals surface area contributed by atoms with Gasteiger partial charge < -0.3 is 10.5 Å². The van der Waals surface area contributed by atoms with Crippen LogP contribution in [0.15, 0.2) is 30.3 Å². The van der Waals surface area contributed by atoms with Gasteiger partial charge in [0, 0.05) is 16.0 Å². The predicted molar refractivity (Wildman–Crippen MR) is 73.9 cm³/mol. The highest BCUT2D eigenvalue weighted by molar-refractivity contribution is 14.1. The molecular weight excluding hydrogens is 331 g/mol. The lowest BCUT2D eigenvalue weighted by atomic mass is 10.0. The zero-order valence-corrected chi connectivity index (χ0v) is 11.6. The Morgan fingerprint density at radius 1 is 1.41 bits per heavy atom. The summed E-state index contributed by atoms with van der Waals surface area (Å²) in [4.78, 5) is 11.6. The fraction of sp³-hybridized carbons (Fsp3) is 0.417. The fourth-order valence-electron chi connectivity index (χ4n) is 2.10. The first-order chi connectivity index (χ1) is 8.15. The SMILES string of the molecule is COC(=O)[C@@H]1N[C@H](c2ccccc2)[C@@H](I)[C@@H]1N. The zero-order valence-electron chi connectivity index (χ0n) is 9.47. The summed E-state index contributed by atoms with van der Waals surface area (Å²) in [5.41, 5.74) is 7.20. The topological polar surface area (TPSA) is 64.3 Å². The molecule has 4 nitrogen and oxygen atoms in total. The summed E-state index contributed by atoms with van der Waals surface area (Å²) in [6, 6.07) is 9.45. The molecule has 0 radical (unpaired) electrons. The first kappa shape index (κ1) is 12.8. The van der Waals surface area contributed by atoms with Crippen molar-refractivity contribution in [3.8, 4) is 0 Å². The minimum Gasteiger partial charge on any atom is -0.468 e. The molecule has 0 spiro atoms. The highest BCUT2D eigenvalue weighted by atomic mass is 127. The van der Waals surface area contributed by atoms with Gasteiger partial charge in [-0.1, -0.05) is 52.9 Å². The zero-order chi connectivity index (χ0) is 12.4. The quantitative estimate of drug-likeness (QED) is 0.477. The van der Waals surface area contributed by atoms with Crippen LogP contribution in [0.4, 0.5) is 0 Å². The number of hydrogen-bond donors (Lipinski definition) is 2. The second-order valence-electron chi connectivity index (χ2n) is 4.08. The number of carbonyl (C=O) groups excluding carboxylic acids is 1. The van der Waals surface area contributed by atoms with Crippen molar-refractivity contribution in [2.45, 2.75) is 22.1 Å². The van der Waals surface area contributed by atoms with Crippen molar-refractivity contribution in [2.24, 2.45) is 5.73 Å². The van der Waals surface area contributed by atoms with E-state index in [9.17, 15) is 4.79 Å². The van der Waals surface area contributed by atoms with Gasteiger partial charge in [0.2, 0.25) is 0 Å². The van der Waals surface area contributed by atoms with Crippen molar-refractivity contribution in [1.82, 2.24) is 5.32 Å². The number of nitrogens with two attached hydrogens (primary N) is 1. The molecule has 0 unspecified atom stereocenters. The number of nitrogens with one attached hydrogen (secondary N) is 1. The molecule has 5 heteroatoms. The average Bonchev–Trinajstić information content (AvgIpc) is 2.67. The van der Waals surface area contributed by atoms with Crippen LogP contribution in [0.3, 0.4) is 0 Å². The van der Waals surface area contributed by atoms with Crippen LogP contribution in [-0.4, -0.2) is 29.1 Å². The minimum absolute atomic E-state index is 0.0934. The summed E-state index contributed by atoms with van der Waals surface area (Å²) in [7, 11) is 1.38. The van der Waals surface area contributed by atoms with Gasteiger partial charge in [0.1, 0.15) is 6.04 Å². The third kappa shape index (κ3) is 2.46. The van der Waals surface area contributed by atoms with Gasteiger partial charge in [0.05, 0.1) is 7.11 Å². The smallest absolute Gasteiger partial charge is 0.324 e. The molecule has 92 valence electrons. The van der Waals surface area contributed by atoms with Crippen LogP contribution in [-0.2, 0) is 9.53 Å². The normalized spacial score (nSPS) is 32.4. The number of hydrogen-bond acceptors (Lipinski definition) is 4. The van der Waals surface area contributed by atoms with Crippen LogP contribution in [0.2, 0.25) is 0 Å². The van der Waals surface area contributed by atoms with Gasteiger partial charge in [-0.15, -0.1) is 0 Å². The Labute approximate surface area is 114 Å². The van der Waals surface area contributed by atoms with Crippen molar-refractivity contribution in [1.29, 1.82) is 0 Å². The minimum atomic E-state index is -0.424. The number of carbonyl (C=O) groups is 1. The van der Waals surface area contributed by atoms with E-state index in [4.69, 9.17) is 10.5 Å². The van der Waals surface area contributed by atoms with Gasteiger partial charge in [-0.25, -0.2) is 0 Å². The average molecular weight is 346 g/mol. The molecule has 1 aliphatic heterocycles. The molecule has 1 aliphatic rings. The number of halogens is 1. The van der Waals surface area contributed by atoms with Crippen LogP contribution in [0.1, 0.15) is 11.6 Å². The fourth-order valence-corrected chi connectivity index (χ4v) is 3.13. The highest BCUT2D eigenvalue weighted by Crippen LogP contribution is 2.32. The maximum atomic E-state index is 11.6. The molecule has 1 saturated heterocycles. The monoisotopic (exact) mass is 346 g/mol. The molecule has 0 saturated carbocycles. The molecule has 1 heterocycles. The lowest BCUT2D eigenvalue weighted by Crippen LogP contribution is -2.45. The Kier molecular flexibility index (Phi) is 4.01. The summed E-state index contributed by atoms with van der Waals surface area (Å²) >= 11 is 2.29. The Hall–Kier alpha value is -0.660. The summed E-state index contributed by atoms with van der Waals surface area (Å²) in [5.74, 6) is -0.294. The Morgan fingerprint density at radius 3 is 2.65 bits per heavy atom. The van der Waals surface area contributed by atoms with E-state index in [1.165, 1.54) is 7.11 Å². The molecule has 1 aromatic rings. The third-order valence-corrected chi connectivity index (χ3v) is 4.59. The van der Waals surface area contributed by atoms with Crippen molar-refractivity contribution < 1.29 is 9.53 Å². The molecule has 0 aromatic heterocycles. The van der Waals surface area contributed by atoms with Crippen LogP contribution in [0.25, 0.3) is 0 Å². The molecular formula is C12H15IN2O2. The van der Waals surface area contributed by atoms with Crippen molar-refractivity contribution in [2.75, 3.05) is 7.11 Å². The third-order valence-electron chi connectivity index (χ3n) is 3.04. The molecule has 17 heavy (non-hydrogen) atoms. The summed E-state index contributed by atoms with van der Waals surface area (Å²) in [6.07, 6.45) is 0. The first-order valence-corrected chi connectivity index (χ1v) is 6.68. The van der Waals surface area contributed by atoms with Crippen molar-refractivity contribution in [3.05, 3.63) is 35.9 Å². The van der Waals surface area contributed by atoms with Gasteiger partial charge in [0.25, 0.3) is 0 Å². The Bertz CT molecular complexity index is 399. The molecule has 1 aromatic carbocycles. The van der Waals surface area contributed by atoms with Gasteiger partial charge >= 0.3 is 5.97 Å². The maximum absolute atomic E-state index is 11.6. The van der Waals surface area contributed by atoms with Crippen LogP contribution >= 0.6 is 22.6 Å². The van der Waals surface area contributed by atoms with E-state index >= 15 is 0 Å². The lowest BCUT2D eigenvalue weighted by Gasteiger charge is -2.15. The molecule has 4 atom stereocenters. The van der Waals surface area contributed by atoms with Gasteiger partial charge in [-0.05, 0) is 5.56 Å². The predicted octanol–water partition coefficient (Wildman–Crippen LogP) is 1.00. The Balaban J connectivity index is 2.20. The second kappa shape index (κ2) is 5.32. The van der Waals surface area contributed by atoms with E-state index in [-0.39, 0.29) is 22.0 Å². The van der Waals surface area contributed by atoms with Crippen LogP contribution in [0, 0.1) is 0 Å². The Morgan fingerprint density at radius 2 is 2.06 bits per heavy atom. The summed E-state index contributed by atoms with van der Waals surface area (Å²) in [6.45, 7) is 0. The first-order valence-electron chi connectivity index (χ1n) is 5.43. The van der Waals surface area contributed by atoms with Crippen molar-refractivity contribution >= 4 is 28.6 Å². The number of alkyl halides is 1. The largest absolute Gasteiger partial charge is 0.468 e. The molecule has 0 bridgehead atoms. The van der Waals surface area contributed by atoms with Gasteiger partial charge in [0.15, 0.2) is 0 Å². The van der Waals surface area contributed by atoms with E-state index in [0.717, 1.165) is 5.56 Å². The maximum Gasteiger partial charge on any atom is 0.324 e. The number of methoxy groups -OCH3 is 1. The molecule has 1 fully saturated rings. The van der Waals surface area contributed by atoms with E-state index in [2.05, 4.69) is 27.9 Å². The second-order valence-corrected chi connectivity index (χ2v) is 5.52. The van der Waals surface area contributed by atoms with E-state index in [1.807, 2.05) is 30.3 Å². The van der Waals surface area contributed by atoms with Crippen molar-refractivity contribution in [3.63, 3.8) is 0 Å². The van der Waals surface area contributed by atoms with Crippen LogP contribution in [0.5, 0.6) is 0 Å². The highest BCUT2D eigenvalue weighted by Gasteiger charge is 2.43. The number of ether oxygens (including phenoxy) is 1. The summed E-state index contributed by atoms with van der Waals surface area (Å²) in [5, 5.41) is 3.25. The molecule has 0 amide bonds. The number of benzene rings is 1. The van der Waals surface area contributed by atoms with Gasteiger partial charge in [-0.3, -0.25) is 10.1 Å². The number of esters is 1. The van der Waals surface area contributed by atoms with Gasteiger partial charge in [-0.2, -0.15) is 0 Å². The van der Waals surface area contributed by atoms with Crippen LogP contribution < -0.4 is 11.1 Å². The molecule has 0 aliphatic carbocycles. The summed E-state index contributed by atoms with van der Waals surface area (Å²) < 4.78 is 4.92. The van der Waals surface area contributed by atoms with E-state index in [0.29, 0.717) is 0 Å².